The van der Waals surface area contributed by atoms with E-state index in [2.05, 4.69) is 48.0 Å². The molecule has 18 heavy (non-hydrogen) atoms. The van der Waals surface area contributed by atoms with Crippen molar-refractivity contribution < 1.29 is 0 Å². The molecule has 102 valence electrons. The summed E-state index contributed by atoms with van der Waals surface area (Å²) >= 11 is 0. The van der Waals surface area contributed by atoms with Crippen molar-refractivity contribution in [3.63, 3.8) is 0 Å². The van der Waals surface area contributed by atoms with Crippen LogP contribution in [0.25, 0.3) is 0 Å². The maximum absolute atomic E-state index is 4.65. The van der Waals surface area contributed by atoms with Crippen molar-refractivity contribution in [2.45, 2.75) is 52.5 Å². The summed E-state index contributed by atoms with van der Waals surface area (Å²) in [6, 6.07) is 2.52. The van der Waals surface area contributed by atoms with E-state index in [1.54, 1.807) is 0 Å². The van der Waals surface area contributed by atoms with E-state index in [9.17, 15) is 0 Å². The number of hydrogen-bond donors (Lipinski definition) is 1. The minimum atomic E-state index is 0.504. The summed E-state index contributed by atoms with van der Waals surface area (Å²) < 4.78 is 0. The molecule has 1 aromatic heterocycles. The smallest absolute Gasteiger partial charge is 0.134 e. The predicted molar refractivity (Wildman–Crippen MR) is 78.3 cm³/mol. The van der Waals surface area contributed by atoms with Gasteiger partial charge >= 0.3 is 0 Å². The molecule has 1 aromatic rings. The van der Waals surface area contributed by atoms with Crippen molar-refractivity contribution in [2.75, 3.05) is 24.3 Å². The standard InChI is InChI=1S/C14H26N4/c1-6-8-11(3)18(5)14-10-13(15-4)16-12(17-14)9-7-2/h10-11H,6-9H2,1-5H3,(H,15,16,17). The van der Waals surface area contributed by atoms with Gasteiger partial charge in [-0.1, -0.05) is 20.3 Å². The van der Waals surface area contributed by atoms with E-state index in [1.165, 1.54) is 12.8 Å². The first kappa shape index (κ1) is 14.7. The molecule has 0 amide bonds. The summed E-state index contributed by atoms with van der Waals surface area (Å²) in [5, 5.41) is 3.11. The van der Waals surface area contributed by atoms with Crippen molar-refractivity contribution >= 4 is 11.6 Å². The van der Waals surface area contributed by atoms with Gasteiger partial charge in [-0.2, -0.15) is 0 Å². The van der Waals surface area contributed by atoms with Gasteiger partial charge in [0.05, 0.1) is 0 Å². The van der Waals surface area contributed by atoms with Crippen LogP contribution in [0.15, 0.2) is 6.07 Å². The molecule has 0 aliphatic rings. The summed E-state index contributed by atoms with van der Waals surface area (Å²) in [6.07, 6.45) is 4.37. The Hall–Kier alpha value is -1.32. The molecule has 0 bridgehead atoms. The first-order valence-corrected chi connectivity index (χ1v) is 6.90. The zero-order valence-corrected chi connectivity index (χ0v) is 12.3. The average molecular weight is 250 g/mol. The molecule has 0 aliphatic carbocycles. The average Bonchev–Trinajstić information content (AvgIpc) is 2.38. The van der Waals surface area contributed by atoms with E-state index >= 15 is 0 Å². The van der Waals surface area contributed by atoms with Gasteiger partial charge in [-0.05, 0) is 19.8 Å². The van der Waals surface area contributed by atoms with Gasteiger partial charge in [-0.3, -0.25) is 0 Å². The lowest BCUT2D eigenvalue weighted by molar-refractivity contribution is 0.609. The lowest BCUT2D eigenvalue weighted by atomic mass is 10.2. The van der Waals surface area contributed by atoms with Crippen LogP contribution in [0.2, 0.25) is 0 Å². The van der Waals surface area contributed by atoms with E-state index in [4.69, 9.17) is 0 Å². The van der Waals surface area contributed by atoms with E-state index in [-0.39, 0.29) is 0 Å². The van der Waals surface area contributed by atoms with E-state index in [0.29, 0.717) is 6.04 Å². The Kier molecular flexibility index (Phi) is 5.89. The molecular weight excluding hydrogens is 224 g/mol. The van der Waals surface area contributed by atoms with Gasteiger partial charge in [0.25, 0.3) is 0 Å². The second-order valence-electron chi connectivity index (χ2n) is 4.78. The zero-order chi connectivity index (χ0) is 13.5. The summed E-state index contributed by atoms with van der Waals surface area (Å²) in [6.45, 7) is 6.61. The molecule has 1 atom stereocenters. The van der Waals surface area contributed by atoms with Crippen LogP contribution in [0.3, 0.4) is 0 Å². The summed E-state index contributed by atoms with van der Waals surface area (Å²) in [5.74, 6) is 2.84. The van der Waals surface area contributed by atoms with Gasteiger partial charge in [0.15, 0.2) is 0 Å². The van der Waals surface area contributed by atoms with Gasteiger partial charge in [-0.25, -0.2) is 9.97 Å². The third-order valence-electron chi connectivity index (χ3n) is 3.22. The maximum atomic E-state index is 4.65. The number of nitrogens with one attached hydrogen (secondary N) is 1. The van der Waals surface area contributed by atoms with Gasteiger partial charge in [0.1, 0.15) is 17.5 Å². The largest absolute Gasteiger partial charge is 0.373 e. The van der Waals surface area contributed by atoms with Crippen LogP contribution in [-0.4, -0.2) is 30.1 Å². The first-order chi connectivity index (χ1) is 8.62. The highest BCUT2D eigenvalue weighted by Gasteiger charge is 2.12. The second kappa shape index (κ2) is 7.19. The van der Waals surface area contributed by atoms with Crippen LogP contribution in [0.1, 0.15) is 45.9 Å². The molecular formula is C14H26N4. The van der Waals surface area contributed by atoms with Crippen molar-refractivity contribution in [1.82, 2.24) is 9.97 Å². The molecule has 1 heterocycles. The quantitative estimate of drug-likeness (QED) is 0.807. The molecule has 0 saturated heterocycles. The van der Waals surface area contributed by atoms with E-state index in [0.717, 1.165) is 30.3 Å². The Labute approximate surface area is 111 Å². The van der Waals surface area contributed by atoms with Gasteiger partial charge < -0.3 is 10.2 Å². The predicted octanol–water partition coefficient (Wildman–Crippen LogP) is 3.10. The fourth-order valence-corrected chi connectivity index (χ4v) is 1.96. The number of aromatic nitrogens is 2. The molecule has 0 aliphatic heterocycles. The van der Waals surface area contributed by atoms with Crippen molar-refractivity contribution in [3.8, 4) is 0 Å². The Morgan fingerprint density at radius 3 is 2.56 bits per heavy atom. The Balaban J connectivity index is 2.95. The monoisotopic (exact) mass is 250 g/mol. The maximum Gasteiger partial charge on any atom is 0.134 e. The Morgan fingerprint density at radius 2 is 2.00 bits per heavy atom. The molecule has 0 saturated carbocycles. The van der Waals surface area contributed by atoms with Gasteiger partial charge in [-0.15, -0.1) is 0 Å². The topological polar surface area (TPSA) is 41.1 Å². The number of hydrogen-bond acceptors (Lipinski definition) is 4. The number of aryl methyl sites for hydroxylation is 1. The fourth-order valence-electron chi connectivity index (χ4n) is 1.96. The van der Waals surface area contributed by atoms with Crippen LogP contribution < -0.4 is 10.2 Å². The number of nitrogens with zero attached hydrogens (tertiary/aromatic N) is 3. The molecule has 0 aromatic carbocycles. The first-order valence-electron chi connectivity index (χ1n) is 6.90. The normalized spacial score (nSPS) is 12.3. The van der Waals surface area contributed by atoms with E-state index in [1.807, 2.05) is 13.1 Å². The fraction of sp³-hybridized carbons (Fsp3) is 0.714. The highest BCUT2D eigenvalue weighted by atomic mass is 15.2. The third kappa shape index (κ3) is 3.86. The second-order valence-corrected chi connectivity index (χ2v) is 4.78. The van der Waals surface area contributed by atoms with Crippen LogP contribution in [0.4, 0.5) is 11.6 Å². The van der Waals surface area contributed by atoms with Crippen LogP contribution in [0, 0.1) is 0 Å². The summed E-state index contributed by atoms with van der Waals surface area (Å²) in [5.41, 5.74) is 0. The zero-order valence-electron chi connectivity index (χ0n) is 12.3. The van der Waals surface area contributed by atoms with Crippen LogP contribution in [0.5, 0.6) is 0 Å². The minimum Gasteiger partial charge on any atom is -0.373 e. The highest BCUT2D eigenvalue weighted by molar-refractivity contribution is 5.49. The lowest BCUT2D eigenvalue weighted by Crippen LogP contribution is -2.29. The molecule has 0 fully saturated rings. The molecule has 1 unspecified atom stereocenters. The molecule has 0 spiro atoms. The van der Waals surface area contributed by atoms with Crippen LogP contribution >= 0.6 is 0 Å². The molecule has 4 nitrogen and oxygen atoms in total. The Bertz CT molecular complexity index is 365. The van der Waals surface area contributed by atoms with Crippen molar-refractivity contribution in [3.05, 3.63) is 11.9 Å². The van der Waals surface area contributed by atoms with Crippen molar-refractivity contribution in [1.29, 1.82) is 0 Å². The molecule has 0 radical (unpaired) electrons. The number of anilines is 2. The minimum absolute atomic E-state index is 0.504. The Morgan fingerprint density at radius 1 is 1.28 bits per heavy atom. The molecule has 4 heteroatoms. The molecule has 1 N–H and O–H groups in total. The van der Waals surface area contributed by atoms with Crippen molar-refractivity contribution in [2.24, 2.45) is 0 Å². The summed E-state index contributed by atoms with van der Waals surface area (Å²) in [4.78, 5) is 11.4. The highest BCUT2D eigenvalue weighted by Crippen LogP contribution is 2.19. The van der Waals surface area contributed by atoms with E-state index < -0.39 is 0 Å². The van der Waals surface area contributed by atoms with Gasteiger partial charge in [0.2, 0.25) is 0 Å². The van der Waals surface area contributed by atoms with Crippen LogP contribution in [-0.2, 0) is 6.42 Å². The third-order valence-corrected chi connectivity index (χ3v) is 3.22. The number of rotatable bonds is 7. The SMILES string of the molecule is CCCc1nc(NC)cc(N(C)C(C)CCC)n1. The van der Waals surface area contributed by atoms with Gasteiger partial charge in [0, 0.05) is 32.6 Å². The lowest BCUT2D eigenvalue weighted by Gasteiger charge is -2.26. The molecule has 1 rings (SSSR count). The summed E-state index contributed by atoms with van der Waals surface area (Å²) in [7, 11) is 4.01.